The minimum atomic E-state index is -0.231. The van der Waals surface area contributed by atoms with Crippen molar-refractivity contribution in [2.24, 2.45) is 0 Å². The lowest BCUT2D eigenvalue weighted by molar-refractivity contribution is 0.0950. The third-order valence-corrected chi connectivity index (χ3v) is 6.32. The number of thiazole rings is 1. The lowest BCUT2D eigenvalue weighted by Crippen LogP contribution is -2.22. The van der Waals surface area contributed by atoms with Gasteiger partial charge in [-0.3, -0.25) is 4.79 Å². The van der Waals surface area contributed by atoms with Gasteiger partial charge in [-0.25, -0.2) is 4.98 Å². The summed E-state index contributed by atoms with van der Waals surface area (Å²) in [6.07, 6.45) is 0. The van der Waals surface area contributed by atoms with Gasteiger partial charge in [0.15, 0.2) is 11.5 Å². The second-order valence-corrected chi connectivity index (χ2v) is 8.56. The molecule has 0 fully saturated rings. The molecule has 0 spiro atoms. The van der Waals surface area contributed by atoms with Gasteiger partial charge in [-0.05, 0) is 24.6 Å². The summed E-state index contributed by atoms with van der Waals surface area (Å²) in [7, 11) is 4.57. The maximum Gasteiger partial charge on any atom is 0.251 e. The molecule has 1 heterocycles. The molecule has 34 heavy (non-hydrogen) atoms. The fraction of sp³-hybridized carbons (Fsp3) is 0.185. The molecule has 4 aromatic rings. The number of methoxy groups -OCH3 is 3. The molecule has 4 rings (SSSR count). The van der Waals surface area contributed by atoms with Crippen LogP contribution in [0.25, 0.3) is 21.8 Å². The molecule has 1 amide bonds. The van der Waals surface area contributed by atoms with E-state index in [2.05, 4.69) is 41.9 Å². The number of hydrogen-bond acceptors (Lipinski definition) is 6. The van der Waals surface area contributed by atoms with Crippen LogP contribution in [0.5, 0.6) is 17.2 Å². The lowest BCUT2D eigenvalue weighted by Gasteiger charge is -2.14. The van der Waals surface area contributed by atoms with Gasteiger partial charge in [0, 0.05) is 28.6 Å². The number of aryl methyl sites for hydroxylation is 1. The van der Waals surface area contributed by atoms with Crippen molar-refractivity contribution in [2.75, 3.05) is 21.3 Å². The predicted octanol–water partition coefficient (Wildman–Crippen LogP) is 5.74. The Morgan fingerprint density at radius 3 is 2.09 bits per heavy atom. The number of hydrogen-bond donors (Lipinski definition) is 1. The summed E-state index contributed by atoms with van der Waals surface area (Å²) in [6, 6.07) is 19.7. The number of amides is 1. The molecule has 0 aliphatic heterocycles. The van der Waals surface area contributed by atoms with Crippen LogP contribution in [0.3, 0.4) is 0 Å². The van der Waals surface area contributed by atoms with Gasteiger partial charge in [0.1, 0.15) is 5.01 Å². The second kappa shape index (κ2) is 10.4. The van der Waals surface area contributed by atoms with Crippen molar-refractivity contribution in [1.82, 2.24) is 10.3 Å². The van der Waals surface area contributed by atoms with Gasteiger partial charge in [0.2, 0.25) is 5.75 Å². The molecule has 7 heteroatoms. The molecule has 0 bridgehead atoms. The molecule has 0 unspecified atom stereocenters. The monoisotopic (exact) mass is 474 g/mol. The smallest absolute Gasteiger partial charge is 0.251 e. The maximum atomic E-state index is 12.7. The largest absolute Gasteiger partial charge is 0.493 e. The van der Waals surface area contributed by atoms with E-state index in [9.17, 15) is 4.79 Å². The van der Waals surface area contributed by atoms with E-state index in [-0.39, 0.29) is 5.91 Å². The number of nitrogens with one attached hydrogen (secondary N) is 1. The van der Waals surface area contributed by atoms with Gasteiger partial charge < -0.3 is 19.5 Å². The molecule has 0 atom stereocenters. The van der Waals surface area contributed by atoms with Gasteiger partial charge >= 0.3 is 0 Å². The lowest BCUT2D eigenvalue weighted by atomic mass is 10.1. The number of rotatable bonds is 8. The van der Waals surface area contributed by atoms with Crippen molar-refractivity contribution in [3.05, 3.63) is 82.7 Å². The van der Waals surface area contributed by atoms with Crippen LogP contribution in [0, 0.1) is 6.92 Å². The molecule has 3 aromatic carbocycles. The molecule has 0 aliphatic rings. The summed E-state index contributed by atoms with van der Waals surface area (Å²) in [5, 5.41) is 5.98. The summed E-state index contributed by atoms with van der Waals surface area (Å²) >= 11 is 1.62. The first-order valence-electron chi connectivity index (χ1n) is 10.7. The highest BCUT2D eigenvalue weighted by Crippen LogP contribution is 2.38. The average molecular weight is 475 g/mol. The third kappa shape index (κ3) is 5.05. The minimum Gasteiger partial charge on any atom is -0.493 e. The first-order chi connectivity index (χ1) is 16.5. The number of ether oxygens (including phenoxy) is 3. The van der Waals surface area contributed by atoms with E-state index in [1.165, 1.54) is 26.9 Å². The predicted molar refractivity (Wildman–Crippen MR) is 135 cm³/mol. The maximum absolute atomic E-state index is 12.7. The number of benzene rings is 3. The fourth-order valence-corrected chi connectivity index (χ4v) is 4.36. The molecular weight excluding hydrogens is 448 g/mol. The summed E-state index contributed by atoms with van der Waals surface area (Å²) in [6.45, 7) is 2.47. The average Bonchev–Trinajstić information content (AvgIpc) is 3.37. The molecule has 174 valence electrons. The molecule has 1 N–H and O–H groups in total. The topological polar surface area (TPSA) is 69.7 Å². The first kappa shape index (κ1) is 23.3. The Kier molecular flexibility index (Phi) is 7.13. The van der Waals surface area contributed by atoms with Crippen molar-refractivity contribution >= 4 is 17.2 Å². The van der Waals surface area contributed by atoms with E-state index >= 15 is 0 Å². The third-order valence-electron chi connectivity index (χ3n) is 5.43. The summed E-state index contributed by atoms with van der Waals surface area (Å²) in [5.74, 6) is 1.09. The van der Waals surface area contributed by atoms with E-state index in [0.717, 1.165) is 27.4 Å². The highest BCUT2D eigenvalue weighted by Gasteiger charge is 2.17. The molecule has 0 radical (unpaired) electrons. The van der Waals surface area contributed by atoms with E-state index < -0.39 is 0 Å². The zero-order chi connectivity index (χ0) is 24.1. The Labute approximate surface area is 203 Å². The van der Waals surface area contributed by atoms with Crippen molar-refractivity contribution in [1.29, 1.82) is 0 Å². The summed E-state index contributed by atoms with van der Waals surface area (Å²) in [4.78, 5) is 17.5. The molecule has 0 saturated carbocycles. The molecule has 1 aromatic heterocycles. The van der Waals surface area contributed by atoms with Crippen LogP contribution in [-0.2, 0) is 6.54 Å². The van der Waals surface area contributed by atoms with Crippen LogP contribution < -0.4 is 19.5 Å². The van der Waals surface area contributed by atoms with E-state index in [4.69, 9.17) is 19.2 Å². The van der Waals surface area contributed by atoms with Crippen LogP contribution in [0.15, 0.2) is 66.0 Å². The zero-order valence-electron chi connectivity index (χ0n) is 19.5. The standard InChI is InChI=1S/C27H26N2O4S/c1-17-5-9-19(10-6-17)22-16-34-27(29-22)20-11-7-18(8-12-20)15-28-26(30)21-13-23(31-2)25(33-4)24(14-21)32-3/h5-14,16H,15H2,1-4H3,(H,28,30). The van der Waals surface area contributed by atoms with Gasteiger partial charge in [-0.1, -0.05) is 54.1 Å². The number of carbonyl (C=O) groups excluding carboxylic acids is 1. The SMILES string of the molecule is COc1cc(C(=O)NCc2ccc(-c3nc(-c4ccc(C)cc4)cs3)cc2)cc(OC)c1OC. The minimum absolute atomic E-state index is 0.231. The van der Waals surface area contributed by atoms with E-state index in [1.54, 1.807) is 23.5 Å². The van der Waals surface area contributed by atoms with Crippen LogP contribution in [0.2, 0.25) is 0 Å². The first-order valence-corrected chi connectivity index (χ1v) is 11.6. The van der Waals surface area contributed by atoms with Crippen molar-refractivity contribution in [3.63, 3.8) is 0 Å². The van der Waals surface area contributed by atoms with Crippen LogP contribution in [-0.4, -0.2) is 32.2 Å². The summed E-state index contributed by atoms with van der Waals surface area (Å²) in [5.41, 5.74) is 5.77. The number of nitrogens with zero attached hydrogens (tertiary/aromatic N) is 1. The fourth-order valence-electron chi connectivity index (χ4n) is 3.52. The van der Waals surface area contributed by atoms with Gasteiger partial charge in [0.25, 0.3) is 5.91 Å². The van der Waals surface area contributed by atoms with Crippen molar-refractivity contribution in [3.8, 4) is 39.1 Å². The van der Waals surface area contributed by atoms with Gasteiger partial charge in [-0.15, -0.1) is 11.3 Å². The molecule has 0 saturated heterocycles. The molecular formula is C27H26N2O4S. The number of aromatic nitrogens is 1. The Balaban J connectivity index is 1.43. The summed E-state index contributed by atoms with van der Waals surface area (Å²) < 4.78 is 16.0. The van der Waals surface area contributed by atoms with E-state index in [1.807, 2.05) is 24.3 Å². The Morgan fingerprint density at radius 1 is 0.882 bits per heavy atom. The van der Waals surface area contributed by atoms with Gasteiger partial charge in [0.05, 0.1) is 27.0 Å². The molecule has 0 aliphatic carbocycles. The Bertz CT molecular complexity index is 1260. The second-order valence-electron chi connectivity index (χ2n) is 7.70. The highest BCUT2D eigenvalue weighted by molar-refractivity contribution is 7.13. The highest BCUT2D eigenvalue weighted by atomic mass is 32.1. The normalized spacial score (nSPS) is 10.6. The van der Waals surface area contributed by atoms with E-state index in [0.29, 0.717) is 29.4 Å². The quantitative estimate of drug-likeness (QED) is 0.353. The number of carbonyl (C=O) groups is 1. The van der Waals surface area contributed by atoms with Crippen LogP contribution in [0.4, 0.5) is 0 Å². The van der Waals surface area contributed by atoms with Crippen LogP contribution >= 0.6 is 11.3 Å². The zero-order valence-corrected chi connectivity index (χ0v) is 20.4. The van der Waals surface area contributed by atoms with Crippen molar-refractivity contribution in [2.45, 2.75) is 13.5 Å². The molecule has 6 nitrogen and oxygen atoms in total. The van der Waals surface area contributed by atoms with Crippen molar-refractivity contribution < 1.29 is 19.0 Å². The Morgan fingerprint density at radius 2 is 1.50 bits per heavy atom. The Hall–Kier alpha value is -3.84. The van der Waals surface area contributed by atoms with Gasteiger partial charge in [-0.2, -0.15) is 0 Å². The van der Waals surface area contributed by atoms with Crippen LogP contribution in [0.1, 0.15) is 21.5 Å².